The molecule has 2 heterocycles. The summed E-state index contributed by atoms with van der Waals surface area (Å²) in [5.74, 6) is 0.277. The lowest BCUT2D eigenvalue weighted by molar-refractivity contribution is -0.121. The molecule has 0 aliphatic heterocycles. The number of nitrogens with zero attached hydrogens (tertiary/aromatic N) is 2. The number of rotatable bonds is 8. The number of halogens is 2. The molecule has 1 aliphatic rings. The maximum absolute atomic E-state index is 14.7. The van der Waals surface area contributed by atoms with E-state index >= 15 is 0 Å². The van der Waals surface area contributed by atoms with E-state index in [0.717, 1.165) is 12.8 Å². The Balaban J connectivity index is 1.65. The van der Waals surface area contributed by atoms with E-state index in [1.165, 1.54) is 35.2 Å². The predicted molar refractivity (Wildman–Crippen MR) is 150 cm³/mol. The number of H-pyrrole nitrogens is 1. The molecule has 1 fully saturated rings. The molecular weight excluding hydrogens is 606 g/mol. The standard InChI is InChI=1S/C27H24FIN4O5/c1-14-23-22(24(32(2)26(14)36)30-21-9-8-16(29)11-20(21)28)25(35)31-27(37)33(23)17-4-3-5-19(12-17)38-13-18(34)10-15-6-7-15/h3-5,8-9,11-12,15,30H,6-7,10,13H2,1-2H3,(H,31,35,37). The number of hydrogen-bond donors (Lipinski definition) is 2. The predicted octanol–water partition coefficient (Wildman–Crippen LogP) is 3.92. The lowest BCUT2D eigenvalue weighted by Crippen LogP contribution is -2.34. The fraction of sp³-hybridized carbons (Fsp3) is 0.259. The minimum atomic E-state index is -0.757. The monoisotopic (exact) mass is 630 g/mol. The van der Waals surface area contributed by atoms with Gasteiger partial charge in [0.05, 0.1) is 16.9 Å². The smallest absolute Gasteiger partial charge is 0.333 e. The maximum Gasteiger partial charge on any atom is 0.333 e. The van der Waals surface area contributed by atoms with Gasteiger partial charge in [-0.25, -0.2) is 9.18 Å². The molecule has 0 atom stereocenters. The van der Waals surface area contributed by atoms with Gasteiger partial charge in [-0.05, 0) is 78.6 Å². The molecule has 196 valence electrons. The van der Waals surface area contributed by atoms with Crippen molar-refractivity contribution < 1.29 is 13.9 Å². The number of aromatic nitrogens is 3. The Labute approximate surface area is 229 Å². The number of aryl methyl sites for hydroxylation is 1. The van der Waals surface area contributed by atoms with Crippen LogP contribution in [0.25, 0.3) is 16.6 Å². The molecule has 1 aliphatic carbocycles. The summed E-state index contributed by atoms with van der Waals surface area (Å²) >= 11 is 1.98. The van der Waals surface area contributed by atoms with E-state index in [4.69, 9.17) is 4.74 Å². The third-order valence-electron chi connectivity index (χ3n) is 6.54. The van der Waals surface area contributed by atoms with E-state index in [2.05, 4.69) is 10.3 Å². The normalized spacial score (nSPS) is 13.1. The van der Waals surface area contributed by atoms with E-state index in [1.807, 2.05) is 22.6 Å². The maximum atomic E-state index is 14.7. The third-order valence-corrected chi connectivity index (χ3v) is 7.21. The number of anilines is 2. The molecule has 11 heteroatoms. The van der Waals surface area contributed by atoms with Gasteiger partial charge in [0.15, 0.2) is 5.78 Å². The van der Waals surface area contributed by atoms with Crippen LogP contribution in [0.1, 0.15) is 24.8 Å². The molecule has 0 amide bonds. The number of fused-ring (bicyclic) bond motifs is 1. The van der Waals surface area contributed by atoms with Crippen molar-refractivity contribution in [3.05, 3.63) is 88.6 Å². The molecule has 2 N–H and O–H groups in total. The number of ketones is 1. The molecule has 0 spiro atoms. The minimum Gasteiger partial charge on any atom is -0.486 e. The van der Waals surface area contributed by atoms with Crippen molar-refractivity contribution in [2.24, 2.45) is 13.0 Å². The summed E-state index contributed by atoms with van der Waals surface area (Å²) in [6.07, 6.45) is 2.62. The largest absolute Gasteiger partial charge is 0.486 e. The van der Waals surface area contributed by atoms with Crippen LogP contribution in [0.15, 0.2) is 56.8 Å². The summed E-state index contributed by atoms with van der Waals surface area (Å²) < 4.78 is 23.4. The zero-order valence-electron chi connectivity index (χ0n) is 20.6. The van der Waals surface area contributed by atoms with Gasteiger partial charge in [0.1, 0.15) is 29.4 Å². The fourth-order valence-corrected chi connectivity index (χ4v) is 4.88. The highest BCUT2D eigenvalue weighted by Crippen LogP contribution is 2.32. The van der Waals surface area contributed by atoms with Crippen LogP contribution in [0.5, 0.6) is 5.75 Å². The van der Waals surface area contributed by atoms with Crippen LogP contribution in [0.2, 0.25) is 0 Å². The Kier molecular flexibility index (Phi) is 6.95. The summed E-state index contributed by atoms with van der Waals surface area (Å²) in [5, 5.41) is 2.88. The van der Waals surface area contributed by atoms with Crippen LogP contribution in [0.3, 0.4) is 0 Å². The van der Waals surface area contributed by atoms with Crippen LogP contribution < -0.4 is 26.9 Å². The number of pyridine rings is 1. The molecule has 2 aromatic carbocycles. The molecule has 0 radical (unpaired) electrons. The summed E-state index contributed by atoms with van der Waals surface area (Å²) in [6.45, 7) is 1.43. The van der Waals surface area contributed by atoms with Crippen molar-refractivity contribution >= 4 is 50.8 Å². The van der Waals surface area contributed by atoms with Crippen LogP contribution >= 0.6 is 22.6 Å². The Bertz CT molecular complexity index is 1770. The molecule has 2 aromatic heterocycles. The number of aromatic amines is 1. The van der Waals surface area contributed by atoms with Crippen molar-refractivity contribution in [3.63, 3.8) is 0 Å². The number of benzene rings is 2. The average Bonchev–Trinajstić information content (AvgIpc) is 3.69. The quantitative estimate of drug-likeness (QED) is 0.286. The van der Waals surface area contributed by atoms with Gasteiger partial charge in [-0.2, -0.15) is 0 Å². The van der Waals surface area contributed by atoms with Crippen LogP contribution in [0.4, 0.5) is 15.9 Å². The molecule has 4 aromatic rings. The number of carbonyl (C=O) groups excluding carboxylic acids is 1. The lowest BCUT2D eigenvalue weighted by Gasteiger charge is -2.19. The van der Waals surface area contributed by atoms with Gasteiger partial charge in [0.25, 0.3) is 11.1 Å². The number of nitrogens with one attached hydrogen (secondary N) is 2. The minimum absolute atomic E-state index is 0.00227. The second-order valence-corrected chi connectivity index (χ2v) is 10.6. The molecular formula is C27H24FIN4O5. The lowest BCUT2D eigenvalue weighted by atomic mass is 10.1. The molecule has 0 bridgehead atoms. The van der Waals surface area contributed by atoms with Crippen LogP contribution in [-0.4, -0.2) is 26.5 Å². The van der Waals surface area contributed by atoms with Crippen molar-refractivity contribution in [1.82, 2.24) is 14.1 Å². The van der Waals surface area contributed by atoms with Gasteiger partial charge in [-0.1, -0.05) is 6.07 Å². The van der Waals surface area contributed by atoms with Crippen molar-refractivity contribution in [2.45, 2.75) is 26.2 Å². The summed E-state index contributed by atoms with van der Waals surface area (Å²) in [6, 6.07) is 11.0. The van der Waals surface area contributed by atoms with Gasteiger partial charge < -0.3 is 10.1 Å². The first kappa shape index (κ1) is 25.9. The number of carbonyl (C=O) groups is 1. The first-order valence-electron chi connectivity index (χ1n) is 12.0. The molecule has 5 rings (SSSR count). The van der Waals surface area contributed by atoms with Gasteiger partial charge in [0.2, 0.25) is 0 Å². The Morgan fingerprint density at radius 1 is 1.18 bits per heavy atom. The van der Waals surface area contributed by atoms with Crippen molar-refractivity contribution in [3.8, 4) is 11.4 Å². The number of Topliss-reactive ketones (excluding diaryl/α,β-unsaturated/α-hetero) is 1. The Morgan fingerprint density at radius 2 is 1.95 bits per heavy atom. The molecule has 0 saturated heterocycles. The van der Waals surface area contributed by atoms with E-state index < -0.39 is 22.6 Å². The zero-order chi connectivity index (χ0) is 27.1. The summed E-state index contributed by atoms with van der Waals surface area (Å²) in [5.41, 5.74) is -1.33. The van der Waals surface area contributed by atoms with E-state index in [9.17, 15) is 23.6 Å². The first-order valence-corrected chi connectivity index (χ1v) is 13.1. The first-order chi connectivity index (χ1) is 18.1. The Hall–Kier alpha value is -3.74. The van der Waals surface area contributed by atoms with Gasteiger partial charge >= 0.3 is 5.69 Å². The van der Waals surface area contributed by atoms with E-state index in [1.54, 1.807) is 30.3 Å². The topological polar surface area (TPSA) is 115 Å². The van der Waals surface area contributed by atoms with Gasteiger partial charge in [-0.15, -0.1) is 0 Å². The van der Waals surface area contributed by atoms with Crippen LogP contribution in [0, 0.1) is 22.2 Å². The van der Waals surface area contributed by atoms with Gasteiger partial charge in [-0.3, -0.25) is 28.5 Å². The zero-order valence-corrected chi connectivity index (χ0v) is 22.8. The highest BCUT2D eigenvalue weighted by Gasteiger charge is 2.25. The molecule has 1 saturated carbocycles. The SMILES string of the molecule is Cc1c(=O)n(C)c(Nc2ccc(I)cc2F)c2c(=O)[nH]c(=O)n(-c3cccc(OCC(=O)CC4CC4)c3)c12. The summed E-state index contributed by atoms with van der Waals surface area (Å²) in [7, 11) is 1.46. The third kappa shape index (κ3) is 5.02. The molecule has 38 heavy (non-hydrogen) atoms. The van der Waals surface area contributed by atoms with E-state index in [0.29, 0.717) is 27.3 Å². The number of ether oxygens (including phenoxy) is 1. The average molecular weight is 630 g/mol. The highest BCUT2D eigenvalue weighted by atomic mass is 127. The number of hydrogen-bond acceptors (Lipinski definition) is 6. The second-order valence-electron chi connectivity index (χ2n) is 9.38. The molecule has 9 nitrogen and oxygen atoms in total. The molecule has 0 unspecified atom stereocenters. The van der Waals surface area contributed by atoms with Crippen molar-refractivity contribution in [2.75, 3.05) is 11.9 Å². The highest BCUT2D eigenvalue weighted by molar-refractivity contribution is 14.1. The second kappa shape index (κ2) is 10.2. The van der Waals surface area contributed by atoms with Crippen LogP contribution in [-0.2, 0) is 11.8 Å². The summed E-state index contributed by atoms with van der Waals surface area (Å²) in [4.78, 5) is 53.9. The fourth-order valence-electron chi connectivity index (χ4n) is 4.42. The van der Waals surface area contributed by atoms with Gasteiger partial charge in [0, 0.05) is 28.7 Å². The Morgan fingerprint density at radius 3 is 2.66 bits per heavy atom. The van der Waals surface area contributed by atoms with E-state index in [-0.39, 0.29) is 40.4 Å². The van der Waals surface area contributed by atoms with Crippen molar-refractivity contribution in [1.29, 1.82) is 0 Å².